The van der Waals surface area contributed by atoms with Crippen molar-refractivity contribution in [3.8, 4) is 0 Å². The second kappa shape index (κ2) is 11.8. The zero-order chi connectivity index (χ0) is 27.4. The predicted octanol–water partition coefficient (Wildman–Crippen LogP) is 9.65. The Bertz CT molecular complexity index is 1650. The molecule has 1 heterocycles. The van der Waals surface area contributed by atoms with Crippen LogP contribution in [0.3, 0.4) is 0 Å². The third-order valence-electron chi connectivity index (χ3n) is 6.36. The van der Waals surface area contributed by atoms with Gasteiger partial charge >= 0.3 is 0 Å². The molecule has 0 amide bonds. The molecule has 0 aliphatic heterocycles. The fraction of sp³-hybridized carbons (Fsp3) is 0.0882. The van der Waals surface area contributed by atoms with Gasteiger partial charge in [-0.15, -0.1) is 0 Å². The van der Waals surface area contributed by atoms with E-state index >= 15 is 0 Å². The number of aromatic nitrogens is 1. The highest BCUT2D eigenvalue weighted by Gasteiger charge is 2.16. The van der Waals surface area contributed by atoms with Crippen molar-refractivity contribution in [2.45, 2.75) is 20.8 Å². The Morgan fingerprint density at radius 1 is 0.538 bits per heavy atom. The van der Waals surface area contributed by atoms with Gasteiger partial charge in [0.1, 0.15) is 0 Å². The van der Waals surface area contributed by atoms with Gasteiger partial charge in [0.05, 0.1) is 44.2 Å². The van der Waals surface area contributed by atoms with E-state index in [0.29, 0.717) is 21.4 Å². The van der Waals surface area contributed by atoms with Crippen LogP contribution in [0.4, 0.5) is 11.4 Å². The van der Waals surface area contributed by atoms with Crippen LogP contribution in [0.25, 0.3) is 0 Å². The molecule has 0 saturated carbocycles. The zero-order valence-corrected chi connectivity index (χ0v) is 23.5. The first-order valence-corrected chi connectivity index (χ1v) is 13.4. The van der Waals surface area contributed by atoms with Crippen molar-refractivity contribution in [3.05, 3.63) is 158 Å². The summed E-state index contributed by atoms with van der Waals surface area (Å²) in [5.74, 6) is 0. The molecule has 0 atom stereocenters. The van der Waals surface area contributed by atoms with Crippen molar-refractivity contribution in [1.82, 2.24) is 4.98 Å². The Kier molecular flexibility index (Phi) is 8.02. The molecular formula is C34H27Cl2N3. The highest BCUT2D eigenvalue weighted by atomic mass is 35.5. The molecule has 3 nitrogen and oxygen atoms in total. The van der Waals surface area contributed by atoms with E-state index in [-0.39, 0.29) is 0 Å². The molecule has 5 heteroatoms. The Balaban J connectivity index is 1.72. The van der Waals surface area contributed by atoms with Crippen LogP contribution in [0.1, 0.15) is 39.2 Å². The van der Waals surface area contributed by atoms with E-state index in [1.807, 2.05) is 124 Å². The van der Waals surface area contributed by atoms with Crippen LogP contribution in [0, 0.1) is 20.8 Å². The highest BCUT2D eigenvalue weighted by molar-refractivity contribution is 6.34. The molecule has 0 saturated heterocycles. The molecule has 0 radical (unpaired) electrons. The molecule has 5 aromatic rings. The number of pyridine rings is 1. The second-order valence-corrected chi connectivity index (χ2v) is 10.2. The van der Waals surface area contributed by atoms with E-state index in [9.17, 15) is 0 Å². The van der Waals surface area contributed by atoms with E-state index in [2.05, 4.69) is 6.07 Å². The summed E-state index contributed by atoms with van der Waals surface area (Å²) in [6.07, 6.45) is 0. The lowest BCUT2D eigenvalue weighted by Crippen LogP contribution is -2.12. The lowest BCUT2D eigenvalue weighted by atomic mass is 10.0. The summed E-state index contributed by atoms with van der Waals surface area (Å²) >= 11 is 13.3. The number of aliphatic imine (C=N–C) groups is 2. The van der Waals surface area contributed by atoms with Crippen LogP contribution >= 0.6 is 23.2 Å². The zero-order valence-electron chi connectivity index (χ0n) is 22.0. The number of rotatable bonds is 6. The molecule has 4 aromatic carbocycles. The number of aryl methyl sites for hydroxylation is 3. The summed E-state index contributed by atoms with van der Waals surface area (Å²) in [5, 5.41) is 1.20. The Hall–Kier alpha value is -4.05. The summed E-state index contributed by atoms with van der Waals surface area (Å²) in [4.78, 5) is 15.2. The van der Waals surface area contributed by atoms with Crippen molar-refractivity contribution in [2.24, 2.45) is 9.98 Å². The van der Waals surface area contributed by atoms with Gasteiger partial charge in [0.2, 0.25) is 0 Å². The molecule has 5 rings (SSSR count). The molecule has 192 valence electrons. The maximum Gasteiger partial charge on any atom is 0.0966 e. The minimum Gasteiger partial charge on any atom is -0.244 e. The predicted molar refractivity (Wildman–Crippen MR) is 165 cm³/mol. The molecule has 0 N–H and O–H groups in total. The minimum atomic E-state index is 0.593. The second-order valence-electron chi connectivity index (χ2n) is 9.38. The van der Waals surface area contributed by atoms with Gasteiger partial charge in [-0.05, 0) is 61.7 Å². The van der Waals surface area contributed by atoms with E-state index in [4.69, 9.17) is 38.2 Å². The maximum atomic E-state index is 6.68. The largest absolute Gasteiger partial charge is 0.244 e. The summed E-state index contributed by atoms with van der Waals surface area (Å²) in [7, 11) is 0. The fourth-order valence-electron chi connectivity index (χ4n) is 4.47. The van der Waals surface area contributed by atoms with Gasteiger partial charge < -0.3 is 0 Å². The van der Waals surface area contributed by atoms with Gasteiger partial charge in [-0.25, -0.2) is 15.0 Å². The van der Waals surface area contributed by atoms with Gasteiger partial charge in [0.25, 0.3) is 0 Å². The van der Waals surface area contributed by atoms with E-state index in [1.54, 1.807) is 0 Å². The topological polar surface area (TPSA) is 37.6 Å². The van der Waals surface area contributed by atoms with E-state index in [1.165, 1.54) is 0 Å². The molecule has 0 aliphatic carbocycles. The highest BCUT2D eigenvalue weighted by Crippen LogP contribution is 2.32. The first kappa shape index (κ1) is 26.6. The Morgan fingerprint density at radius 3 is 1.56 bits per heavy atom. The number of para-hydroxylation sites is 1. The molecule has 0 unspecified atom stereocenters. The van der Waals surface area contributed by atoms with E-state index < -0.39 is 0 Å². The first-order chi connectivity index (χ1) is 18.9. The minimum absolute atomic E-state index is 0.593. The van der Waals surface area contributed by atoms with Gasteiger partial charge in [-0.1, -0.05) is 108 Å². The average molecular weight is 549 g/mol. The first-order valence-electron chi connectivity index (χ1n) is 12.7. The lowest BCUT2D eigenvalue weighted by molar-refractivity contribution is 1.24. The molecule has 0 spiro atoms. The standard InChI is InChI=1S/C34H27Cl2N3/c1-22-20-24(3)32(28(36)21-22)39-34(26-15-8-5-9-16-26)30-19-11-18-29(37-30)33(25-13-6-4-7-14-25)38-31-23(2)12-10-17-27(31)35/h4-21H,1-3H3. The summed E-state index contributed by atoms with van der Waals surface area (Å²) in [6, 6.07) is 35.8. The quantitative estimate of drug-likeness (QED) is 0.195. The number of halogens is 2. The number of hydrogen-bond acceptors (Lipinski definition) is 3. The summed E-state index contributed by atoms with van der Waals surface area (Å²) in [6.45, 7) is 6.06. The van der Waals surface area contributed by atoms with Gasteiger partial charge in [-0.3, -0.25) is 0 Å². The van der Waals surface area contributed by atoms with Crippen LogP contribution in [0.2, 0.25) is 10.0 Å². The number of benzene rings is 4. The van der Waals surface area contributed by atoms with Crippen molar-refractivity contribution < 1.29 is 0 Å². The molecule has 0 bridgehead atoms. The van der Waals surface area contributed by atoms with Crippen LogP contribution in [0.5, 0.6) is 0 Å². The Morgan fingerprint density at radius 2 is 1.05 bits per heavy atom. The van der Waals surface area contributed by atoms with Crippen LogP contribution < -0.4 is 0 Å². The number of hydrogen-bond donors (Lipinski definition) is 0. The van der Waals surface area contributed by atoms with Crippen LogP contribution in [-0.2, 0) is 0 Å². The SMILES string of the molecule is Cc1cc(C)c(N=C(c2ccccc2)c2cccc(C(=Nc3c(C)cccc3Cl)c3ccccc3)n2)c(Cl)c1. The summed E-state index contributed by atoms with van der Waals surface area (Å²) in [5.41, 5.74) is 9.32. The smallest absolute Gasteiger partial charge is 0.0966 e. The molecular weight excluding hydrogens is 521 g/mol. The Labute approximate surface area is 239 Å². The van der Waals surface area contributed by atoms with Gasteiger partial charge in [0, 0.05) is 11.1 Å². The number of nitrogens with zero attached hydrogens (tertiary/aromatic N) is 3. The monoisotopic (exact) mass is 547 g/mol. The van der Waals surface area contributed by atoms with Crippen LogP contribution in [0.15, 0.2) is 119 Å². The molecule has 0 fully saturated rings. The average Bonchev–Trinajstić information content (AvgIpc) is 2.93. The van der Waals surface area contributed by atoms with E-state index in [0.717, 1.165) is 50.6 Å². The van der Waals surface area contributed by atoms with Gasteiger partial charge in [-0.2, -0.15) is 0 Å². The molecule has 39 heavy (non-hydrogen) atoms. The third kappa shape index (κ3) is 6.01. The molecule has 1 aromatic heterocycles. The van der Waals surface area contributed by atoms with Crippen molar-refractivity contribution in [3.63, 3.8) is 0 Å². The van der Waals surface area contributed by atoms with Gasteiger partial charge in [0.15, 0.2) is 0 Å². The molecule has 0 aliphatic rings. The fourth-order valence-corrected chi connectivity index (χ4v) is 5.10. The third-order valence-corrected chi connectivity index (χ3v) is 6.96. The van der Waals surface area contributed by atoms with Crippen LogP contribution in [-0.4, -0.2) is 16.4 Å². The summed E-state index contributed by atoms with van der Waals surface area (Å²) < 4.78 is 0. The van der Waals surface area contributed by atoms with Crippen molar-refractivity contribution in [1.29, 1.82) is 0 Å². The van der Waals surface area contributed by atoms with Crippen molar-refractivity contribution in [2.75, 3.05) is 0 Å². The van der Waals surface area contributed by atoms with Crippen molar-refractivity contribution >= 4 is 46.0 Å². The maximum absolute atomic E-state index is 6.68. The normalized spacial score (nSPS) is 12.0. The lowest BCUT2D eigenvalue weighted by Gasteiger charge is -2.13.